The fourth-order valence-corrected chi connectivity index (χ4v) is 2.31. The average molecular weight is 343 g/mol. The van der Waals surface area contributed by atoms with E-state index in [9.17, 15) is 8.42 Å². The number of rotatable bonds is 3. The van der Waals surface area contributed by atoms with Gasteiger partial charge in [-0.05, 0) is 42.8 Å². The minimum absolute atomic E-state index is 0.0354. The lowest BCUT2D eigenvalue weighted by Gasteiger charge is -2.09. The van der Waals surface area contributed by atoms with Crippen LogP contribution >= 0.6 is 15.9 Å². The van der Waals surface area contributed by atoms with Gasteiger partial charge in [0, 0.05) is 10.7 Å². The maximum absolute atomic E-state index is 11.4. The van der Waals surface area contributed by atoms with E-state index in [-0.39, 0.29) is 10.8 Å². The van der Waals surface area contributed by atoms with Crippen LogP contribution in [0.3, 0.4) is 0 Å². The second kappa shape index (κ2) is 5.28. The molecule has 100 valence electrons. The van der Waals surface area contributed by atoms with Crippen LogP contribution in [0.4, 0.5) is 0 Å². The van der Waals surface area contributed by atoms with Crippen molar-refractivity contribution in [3.63, 3.8) is 0 Å². The topological polar surface area (TPSA) is 82.3 Å². The molecule has 19 heavy (non-hydrogen) atoms. The lowest BCUT2D eigenvalue weighted by molar-refractivity contribution is 0.447. The summed E-state index contributed by atoms with van der Waals surface area (Å²) in [5.74, 6) is 0.455. The zero-order valence-corrected chi connectivity index (χ0v) is 12.4. The van der Waals surface area contributed by atoms with Crippen LogP contribution in [0, 0.1) is 6.92 Å². The number of sulfonamides is 1. The van der Waals surface area contributed by atoms with Crippen molar-refractivity contribution in [2.75, 3.05) is 0 Å². The first kappa shape index (κ1) is 14.0. The first-order valence-electron chi connectivity index (χ1n) is 5.30. The summed E-state index contributed by atoms with van der Waals surface area (Å²) in [5, 5.41) is 5.11. The molecule has 0 saturated carbocycles. The van der Waals surface area contributed by atoms with Crippen molar-refractivity contribution >= 4 is 26.0 Å². The summed E-state index contributed by atoms with van der Waals surface area (Å²) >= 11 is 3.37. The van der Waals surface area contributed by atoms with Crippen molar-refractivity contribution in [1.29, 1.82) is 0 Å². The Morgan fingerprint density at radius 3 is 2.68 bits per heavy atom. The highest BCUT2D eigenvalue weighted by atomic mass is 79.9. The molecular formula is C12H11BrN2O3S. The summed E-state index contributed by atoms with van der Waals surface area (Å²) in [4.78, 5) is 3.76. The molecule has 0 bridgehead atoms. The largest absolute Gasteiger partial charge is 0.438 e. The number of nitrogens with zero attached hydrogens (tertiary/aromatic N) is 1. The van der Waals surface area contributed by atoms with E-state index in [1.165, 1.54) is 18.3 Å². The van der Waals surface area contributed by atoms with E-state index in [2.05, 4.69) is 20.9 Å². The Balaban J connectivity index is 2.41. The number of aryl methyl sites for hydroxylation is 1. The molecule has 0 unspecified atom stereocenters. The van der Waals surface area contributed by atoms with Gasteiger partial charge in [0.1, 0.15) is 10.6 Å². The summed E-state index contributed by atoms with van der Waals surface area (Å²) in [7, 11) is -3.87. The Labute approximate surface area is 119 Å². The minimum Gasteiger partial charge on any atom is -0.438 e. The highest BCUT2D eigenvalue weighted by molar-refractivity contribution is 9.10. The molecule has 0 radical (unpaired) electrons. The standard InChI is InChI=1S/C12H11BrN2O3S/c1-8-7-9(4-5-10(8)13)18-12-11(19(14,16)17)3-2-6-15-12/h2-7H,1H3,(H2,14,16,17). The van der Waals surface area contributed by atoms with E-state index in [1.807, 2.05) is 13.0 Å². The first-order valence-corrected chi connectivity index (χ1v) is 7.63. The molecule has 0 aliphatic carbocycles. The molecule has 0 fully saturated rings. The lowest BCUT2D eigenvalue weighted by atomic mass is 10.2. The molecule has 7 heteroatoms. The smallest absolute Gasteiger partial charge is 0.243 e. The van der Waals surface area contributed by atoms with Gasteiger partial charge in [0.2, 0.25) is 15.9 Å². The molecule has 0 amide bonds. The third kappa shape index (κ3) is 3.31. The van der Waals surface area contributed by atoms with Gasteiger partial charge >= 0.3 is 0 Å². The molecule has 1 aromatic carbocycles. The van der Waals surface area contributed by atoms with Gasteiger partial charge in [0.15, 0.2) is 0 Å². The molecule has 1 heterocycles. The second-order valence-electron chi connectivity index (χ2n) is 3.86. The van der Waals surface area contributed by atoms with Gasteiger partial charge in [-0.15, -0.1) is 0 Å². The summed E-state index contributed by atoms with van der Waals surface area (Å²) in [6, 6.07) is 8.12. The monoisotopic (exact) mass is 342 g/mol. The number of halogens is 1. The second-order valence-corrected chi connectivity index (χ2v) is 6.25. The van der Waals surface area contributed by atoms with Crippen LogP contribution in [-0.2, 0) is 10.0 Å². The maximum Gasteiger partial charge on any atom is 0.243 e. The number of aromatic nitrogens is 1. The van der Waals surface area contributed by atoms with Crippen LogP contribution in [0.1, 0.15) is 5.56 Å². The molecule has 5 nitrogen and oxygen atoms in total. The Hall–Kier alpha value is -1.44. The van der Waals surface area contributed by atoms with Gasteiger partial charge in [0.05, 0.1) is 0 Å². The summed E-state index contributed by atoms with van der Waals surface area (Å²) in [5.41, 5.74) is 0.964. The first-order chi connectivity index (χ1) is 8.88. The number of benzene rings is 1. The van der Waals surface area contributed by atoms with Crippen molar-refractivity contribution in [3.05, 3.63) is 46.6 Å². The van der Waals surface area contributed by atoms with Gasteiger partial charge in [0.25, 0.3) is 0 Å². The van der Waals surface area contributed by atoms with E-state index in [1.54, 1.807) is 12.1 Å². The number of pyridine rings is 1. The highest BCUT2D eigenvalue weighted by Crippen LogP contribution is 2.28. The van der Waals surface area contributed by atoms with Gasteiger partial charge in [-0.2, -0.15) is 0 Å². The number of primary sulfonamides is 1. The van der Waals surface area contributed by atoms with E-state index >= 15 is 0 Å². The number of hydrogen-bond donors (Lipinski definition) is 1. The zero-order chi connectivity index (χ0) is 14.0. The molecule has 0 spiro atoms. The van der Waals surface area contributed by atoms with Crippen molar-refractivity contribution in [3.8, 4) is 11.6 Å². The van der Waals surface area contributed by atoms with Crippen molar-refractivity contribution in [2.24, 2.45) is 5.14 Å². The highest BCUT2D eigenvalue weighted by Gasteiger charge is 2.16. The molecule has 0 saturated heterocycles. The Morgan fingerprint density at radius 1 is 1.32 bits per heavy atom. The lowest BCUT2D eigenvalue weighted by Crippen LogP contribution is -2.13. The number of hydrogen-bond acceptors (Lipinski definition) is 4. The van der Waals surface area contributed by atoms with Gasteiger partial charge in [-0.1, -0.05) is 15.9 Å². The van der Waals surface area contributed by atoms with Gasteiger partial charge in [-0.25, -0.2) is 18.5 Å². The van der Waals surface area contributed by atoms with E-state index in [0.29, 0.717) is 5.75 Å². The number of nitrogens with two attached hydrogens (primary N) is 1. The summed E-state index contributed by atoms with van der Waals surface area (Å²) in [6.45, 7) is 1.90. The molecule has 2 N–H and O–H groups in total. The maximum atomic E-state index is 11.4. The van der Waals surface area contributed by atoms with E-state index in [4.69, 9.17) is 9.88 Å². The Kier molecular flexibility index (Phi) is 3.88. The Morgan fingerprint density at radius 2 is 2.05 bits per heavy atom. The average Bonchev–Trinajstić information content (AvgIpc) is 2.33. The molecular weight excluding hydrogens is 332 g/mol. The molecule has 2 rings (SSSR count). The quantitative estimate of drug-likeness (QED) is 0.929. The van der Waals surface area contributed by atoms with Crippen LogP contribution < -0.4 is 9.88 Å². The number of ether oxygens (including phenoxy) is 1. The van der Waals surface area contributed by atoms with Crippen LogP contribution in [0.5, 0.6) is 11.6 Å². The molecule has 1 aromatic heterocycles. The predicted octanol–water partition coefficient (Wildman–Crippen LogP) is 2.59. The fourth-order valence-electron chi connectivity index (χ4n) is 1.46. The third-order valence-corrected chi connectivity index (χ3v) is 4.20. The van der Waals surface area contributed by atoms with Gasteiger partial charge in [-0.3, -0.25) is 0 Å². The predicted molar refractivity (Wildman–Crippen MR) is 74.6 cm³/mol. The van der Waals surface area contributed by atoms with Crippen molar-refractivity contribution < 1.29 is 13.2 Å². The van der Waals surface area contributed by atoms with Crippen molar-refractivity contribution in [2.45, 2.75) is 11.8 Å². The Bertz CT molecular complexity index is 717. The van der Waals surface area contributed by atoms with Crippen LogP contribution in [0.25, 0.3) is 0 Å². The molecule has 0 atom stereocenters. The zero-order valence-electron chi connectivity index (χ0n) is 10.00. The van der Waals surface area contributed by atoms with Crippen LogP contribution in [0.2, 0.25) is 0 Å². The molecule has 0 aliphatic rings. The summed E-state index contributed by atoms with van der Waals surface area (Å²) < 4.78 is 29.2. The minimum atomic E-state index is -3.87. The van der Waals surface area contributed by atoms with Gasteiger partial charge < -0.3 is 4.74 Å². The SMILES string of the molecule is Cc1cc(Oc2ncccc2S(N)(=O)=O)ccc1Br. The van der Waals surface area contributed by atoms with Crippen LogP contribution in [0.15, 0.2) is 45.9 Å². The third-order valence-electron chi connectivity index (χ3n) is 2.39. The van der Waals surface area contributed by atoms with Crippen molar-refractivity contribution in [1.82, 2.24) is 4.98 Å². The molecule has 2 aromatic rings. The van der Waals surface area contributed by atoms with E-state index < -0.39 is 10.0 Å². The summed E-state index contributed by atoms with van der Waals surface area (Å²) in [6.07, 6.45) is 1.44. The fraction of sp³-hybridized carbons (Fsp3) is 0.0833. The molecule has 0 aliphatic heterocycles. The van der Waals surface area contributed by atoms with E-state index in [0.717, 1.165) is 10.0 Å². The van der Waals surface area contributed by atoms with Crippen LogP contribution in [-0.4, -0.2) is 13.4 Å². The normalized spacial score (nSPS) is 11.3.